The average Bonchev–Trinajstić information content (AvgIpc) is 2.16. The topological polar surface area (TPSA) is 85.6 Å². The molecular formula is C6H13N3O3. The number of nitrogens with two attached hydrogens (primary N) is 1. The Bertz CT molecular complexity index is 147. The van der Waals surface area contributed by atoms with Gasteiger partial charge in [-0.3, -0.25) is 5.43 Å². The van der Waals surface area contributed by atoms with E-state index < -0.39 is 6.03 Å². The van der Waals surface area contributed by atoms with Gasteiger partial charge in [0.1, 0.15) is 0 Å². The smallest absolute Gasteiger partial charge is 0.328 e. The molecule has 0 aliphatic carbocycles. The van der Waals surface area contributed by atoms with E-state index in [2.05, 4.69) is 5.32 Å². The van der Waals surface area contributed by atoms with Crippen molar-refractivity contribution in [1.29, 1.82) is 0 Å². The number of hydrogen-bond acceptors (Lipinski definition) is 4. The Hall–Kier alpha value is -0.850. The Balaban J connectivity index is 2.09. The minimum Gasteiger partial charge on any atom is -0.376 e. The van der Waals surface area contributed by atoms with Gasteiger partial charge in [-0.2, -0.15) is 0 Å². The summed E-state index contributed by atoms with van der Waals surface area (Å²) >= 11 is 0. The maximum atomic E-state index is 10.6. The predicted molar refractivity (Wildman–Crippen MR) is 41.3 cm³/mol. The predicted octanol–water partition coefficient (Wildman–Crippen LogP) is -1.43. The fourth-order valence-corrected chi connectivity index (χ4v) is 0.912. The first kappa shape index (κ1) is 9.24. The van der Waals surface area contributed by atoms with Gasteiger partial charge in [0.25, 0.3) is 0 Å². The van der Waals surface area contributed by atoms with Crippen LogP contribution in [0.3, 0.4) is 0 Å². The van der Waals surface area contributed by atoms with Gasteiger partial charge in [0.15, 0.2) is 0 Å². The first-order chi connectivity index (χ1) is 5.83. The quantitative estimate of drug-likeness (QED) is 0.273. The number of carbonyl (C=O) groups is 1. The lowest BCUT2D eigenvalue weighted by Crippen LogP contribution is -2.45. The van der Waals surface area contributed by atoms with Crippen molar-refractivity contribution < 1.29 is 14.3 Å². The summed E-state index contributed by atoms with van der Waals surface area (Å²) in [7, 11) is 0. The van der Waals surface area contributed by atoms with E-state index in [4.69, 9.17) is 15.3 Å². The monoisotopic (exact) mass is 175 g/mol. The molecule has 2 amide bonds. The number of hydrazine groups is 1. The van der Waals surface area contributed by atoms with Gasteiger partial charge in [-0.1, -0.05) is 0 Å². The Morgan fingerprint density at radius 1 is 1.58 bits per heavy atom. The van der Waals surface area contributed by atoms with Crippen LogP contribution in [0.1, 0.15) is 0 Å². The van der Waals surface area contributed by atoms with Crippen molar-refractivity contribution in [1.82, 2.24) is 10.7 Å². The highest BCUT2D eigenvalue weighted by molar-refractivity contribution is 5.72. The van der Waals surface area contributed by atoms with Gasteiger partial charge < -0.3 is 14.8 Å². The largest absolute Gasteiger partial charge is 0.376 e. The number of ether oxygens (including phenoxy) is 2. The van der Waals surface area contributed by atoms with E-state index in [1.165, 1.54) is 0 Å². The third-order valence-corrected chi connectivity index (χ3v) is 1.51. The molecule has 0 spiro atoms. The maximum absolute atomic E-state index is 10.6. The van der Waals surface area contributed by atoms with Crippen LogP contribution in [0.25, 0.3) is 0 Å². The van der Waals surface area contributed by atoms with Crippen molar-refractivity contribution in [2.45, 2.75) is 6.10 Å². The molecule has 6 heteroatoms. The zero-order chi connectivity index (χ0) is 8.81. The molecule has 1 rings (SSSR count). The molecule has 0 aromatic carbocycles. The van der Waals surface area contributed by atoms with Gasteiger partial charge in [0.2, 0.25) is 0 Å². The number of carbonyl (C=O) groups excluding carboxylic acids is 1. The van der Waals surface area contributed by atoms with E-state index in [9.17, 15) is 4.79 Å². The third kappa shape index (κ3) is 3.04. The molecule has 1 atom stereocenters. The van der Waals surface area contributed by atoms with Crippen LogP contribution in [0.5, 0.6) is 0 Å². The normalized spacial score (nSPS) is 23.2. The molecule has 70 valence electrons. The van der Waals surface area contributed by atoms with Crippen molar-refractivity contribution >= 4 is 6.03 Å². The lowest BCUT2D eigenvalue weighted by atomic mass is 10.3. The zero-order valence-corrected chi connectivity index (χ0v) is 6.71. The van der Waals surface area contributed by atoms with Crippen LogP contribution < -0.4 is 16.6 Å². The van der Waals surface area contributed by atoms with Crippen LogP contribution in [-0.4, -0.2) is 38.5 Å². The van der Waals surface area contributed by atoms with Gasteiger partial charge in [-0.25, -0.2) is 10.6 Å². The minimum atomic E-state index is -0.413. The average molecular weight is 175 g/mol. The summed E-state index contributed by atoms with van der Waals surface area (Å²) in [6.07, 6.45) is -0.0592. The van der Waals surface area contributed by atoms with Gasteiger partial charge in [-0.15, -0.1) is 0 Å². The van der Waals surface area contributed by atoms with Crippen LogP contribution in [0.4, 0.5) is 4.79 Å². The summed E-state index contributed by atoms with van der Waals surface area (Å²) < 4.78 is 10.4. The van der Waals surface area contributed by atoms with Crippen molar-refractivity contribution in [2.24, 2.45) is 5.84 Å². The van der Waals surface area contributed by atoms with Crippen LogP contribution >= 0.6 is 0 Å². The SMILES string of the molecule is NNC(=O)NCC1COCCO1. The molecule has 6 nitrogen and oxygen atoms in total. The fraction of sp³-hybridized carbons (Fsp3) is 0.833. The van der Waals surface area contributed by atoms with E-state index in [1.807, 2.05) is 5.43 Å². The molecule has 0 aromatic heterocycles. The highest BCUT2D eigenvalue weighted by Gasteiger charge is 2.14. The third-order valence-electron chi connectivity index (χ3n) is 1.51. The van der Waals surface area contributed by atoms with Crippen molar-refractivity contribution in [3.63, 3.8) is 0 Å². The molecular weight excluding hydrogens is 162 g/mol. The standard InChI is InChI=1S/C6H13N3O3/c7-9-6(10)8-3-5-4-11-1-2-12-5/h5H,1-4,7H2,(H2,8,9,10). The summed E-state index contributed by atoms with van der Waals surface area (Å²) in [4.78, 5) is 10.6. The zero-order valence-electron chi connectivity index (χ0n) is 6.71. The van der Waals surface area contributed by atoms with E-state index in [1.54, 1.807) is 0 Å². The Kier molecular flexibility index (Phi) is 3.78. The highest BCUT2D eigenvalue weighted by atomic mass is 16.6. The van der Waals surface area contributed by atoms with E-state index in [0.29, 0.717) is 26.4 Å². The molecule has 1 saturated heterocycles. The summed E-state index contributed by atoms with van der Waals surface area (Å²) in [5.74, 6) is 4.85. The van der Waals surface area contributed by atoms with E-state index in [-0.39, 0.29) is 6.10 Å². The molecule has 1 aliphatic heterocycles. The van der Waals surface area contributed by atoms with E-state index >= 15 is 0 Å². The summed E-state index contributed by atoms with van der Waals surface area (Å²) in [5, 5.41) is 2.52. The van der Waals surface area contributed by atoms with Gasteiger partial charge in [0, 0.05) is 6.54 Å². The molecule has 1 fully saturated rings. The lowest BCUT2D eigenvalue weighted by Gasteiger charge is -2.22. The Labute approximate surface area is 70.4 Å². The van der Waals surface area contributed by atoms with E-state index in [0.717, 1.165) is 0 Å². The number of amides is 2. The molecule has 0 radical (unpaired) electrons. The molecule has 1 unspecified atom stereocenters. The summed E-state index contributed by atoms with van der Waals surface area (Å²) in [6, 6.07) is -0.413. The molecule has 4 N–H and O–H groups in total. The van der Waals surface area contributed by atoms with Gasteiger partial charge in [-0.05, 0) is 0 Å². The first-order valence-corrected chi connectivity index (χ1v) is 3.76. The molecule has 1 heterocycles. The summed E-state index contributed by atoms with van der Waals surface area (Å²) in [6.45, 7) is 2.14. The molecule has 0 saturated carbocycles. The fourth-order valence-electron chi connectivity index (χ4n) is 0.912. The van der Waals surface area contributed by atoms with Crippen molar-refractivity contribution in [2.75, 3.05) is 26.4 Å². The molecule has 12 heavy (non-hydrogen) atoms. The van der Waals surface area contributed by atoms with Gasteiger partial charge >= 0.3 is 6.03 Å². The second kappa shape index (κ2) is 4.91. The minimum absolute atomic E-state index is 0.0592. The summed E-state index contributed by atoms with van der Waals surface area (Å²) in [5.41, 5.74) is 1.96. The first-order valence-electron chi connectivity index (χ1n) is 3.76. The number of nitrogens with one attached hydrogen (secondary N) is 2. The number of urea groups is 1. The number of rotatable bonds is 2. The Morgan fingerprint density at radius 3 is 3.00 bits per heavy atom. The molecule has 0 aromatic rings. The van der Waals surface area contributed by atoms with Crippen LogP contribution in [0, 0.1) is 0 Å². The van der Waals surface area contributed by atoms with Gasteiger partial charge in [0.05, 0.1) is 25.9 Å². The molecule has 1 aliphatic rings. The van der Waals surface area contributed by atoms with Crippen molar-refractivity contribution in [3.05, 3.63) is 0 Å². The lowest BCUT2D eigenvalue weighted by molar-refractivity contribution is -0.0853. The van der Waals surface area contributed by atoms with Crippen molar-refractivity contribution in [3.8, 4) is 0 Å². The Morgan fingerprint density at radius 2 is 2.42 bits per heavy atom. The second-order valence-corrected chi connectivity index (χ2v) is 2.42. The highest BCUT2D eigenvalue weighted by Crippen LogP contribution is 1.98. The van der Waals surface area contributed by atoms with Crippen LogP contribution in [0.15, 0.2) is 0 Å². The van der Waals surface area contributed by atoms with Crippen LogP contribution in [0.2, 0.25) is 0 Å². The second-order valence-electron chi connectivity index (χ2n) is 2.42. The molecule has 0 bridgehead atoms. The number of hydrogen-bond donors (Lipinski definition) is 3. The van der Waals surface area contributed by atoms with Crippen LogP contribution in [-0.2, 0) is 9.47 Å². The maximum Gasteiger partial charge on any atom is 0.328 e.